The van der Waals surface area contributed by atoms with Gasteiger partial charge in [0.1, 0.15) is 5.75 Å². The molecule has 2 aliphatic carbocycles. The summed E-state index contributed by atoms with van der Waals surface area (Å²) in [5.74, 6) is 2.38. The molecule has 0 spiro atoms. The monoisotopic (exact) mass is 571 g/mol. The Morgan fingerprint density at radius 1 is 0.848 bits per heavy atom. The Morgan fingerprint density at radius 2 is 1.39 bits per heavy atom. The molecule has 0 radical (unpaired) electrons. The molecule has 1 aromatic rings. The van der Waals surface area contributed by atoms with Crippen LogP contribution in [0.5, 0.6) is 5.75 Å². The summed E-state index contributed by atoms with van der Waals surface area (Å²) < 4.78 is 0. The van der Waals surface area contributed by atoms with Crippen LogP contribution in [0.2, 0.25) is 0 Å². The van der Waals surface area contributed by atoms with Gasteiger partial charge >= 0.3 is 37.9 Å². The van der Waals surface area contributed by atoms with Gasteiger partial charge in [-0.25, -0.2) is 0 Å². The minimum atomic E-state index is -0.826. The second kappa shape index (κ2) is 16.8. The van der Waals surface area contributed by atoms with Gasteiger partial charge in [-0.15, -0.1) is 0 Å². The molecule has 2 nitrogen and oxygen atoms in total. The molecule has 33 heavy (non-hydrogen) atoms. The van der Waals surface area contributed by atoms with E-state index >= 15 is 0 Å². The van der Waals surface area contributed by atoms with E-state index in [1.54, 1.807) is 0 Å². The first-order valence-electron chi connectivity index (χ1n) is 13.3. The number of benzene rings is 1. The van der Waals surface area contributed by atoms with Crippen LogP contribution in [0, 0.1) is 18.8 Å². The van der Waals surface area contributed by atoms with Gasteiger partial charge in [-0.1, -0.05) is 96.6 Å². The molecule has 0 amide bonds. The normalized spacial score (nSPS) is 26.0. The van der Waals surface area contributed by atoms with Crippen molar-refractivity contribution < 1.29 is 26.0 Å². The molecule has 5 heteroatoms. The van der Waals surface area contributed by atoms with Gasteiger partial charge in [0.15, 0.2) is 0 Å². The standard InChI is InChI=1S/C28H45NO.2ClH.Zr/c1-21-14-13-17-27(23(21)3)29-20-26-22(2)18-19-25(28(26)30)24-15-11-9-7-5-4-6-8-10-12-16-24;;;/h18-21,23-24,27,30H,4-17H2,1-3H3;2*1H;/q;;;+2/p-2. The van der Waals surface area contributed by atoms with E-state index in [2.05, 4.69) is 32.9 Å². The van der Waals surface area contributed by atoms with Crippen molar-refractivity contribution in [3.8, 4) is 5.75 Å². The topological polar surface area (TPSA) is 32.6 Å². The fourth-order valence-electron chi connectivity index (χ4n) is 5.63. The van der Waals surface area contributed by atoms with Gasteiger partial charge in [-0.05, 0) is 55.1 Å². The molecule has 3 atom stereocenters. The van der Waals surface area contributed by atoms with Crippen molar-refractivity contribution in [1.29, 1.82) is 0 Å². The molecule has 1 aromatic carbocycles. The molecule has 3 unspecified atom stereocenters. The fourth-order valence-corrected chi connectivity index (χ4v) is 5.63. The Labute approximate surface area is 222 Å². The Morgan fingerprint density at radius 3 is 1.97 bits per heavy atom. The SMILES string of the molecule is Cc1ccc(C2CCCCCCCCCCC2)c(O)c1C=NC1CCCC(C)C1C.[Cl][Zr][Cl]. The molecule has 0 aliphatic heterocycles. The molecule has 3 rings (SSSR count). The van der Waals surface area contributed by atoms with Crippen molar-refractivity contribution in [3.05, 3.63) is 28.8 Å². The molecule has 0 bridgehead atoms. The van der Waals surface area contributed by atoms with Crippen LogP contribution in [0.3, 0.4) is 0 Å². The van der Waals surface area contributed by atoms with E-state index in [0.29, 0.717) is 23.6 Å². The second-order valence-corrected chi connectivity index (χ2v) is 14.1. The molecular weight excluding hydrogens is 528 g/mol. The van der Waals surface area contributed by atoms with E-state index in [0.717, 1.165) is 17.0 Å². The van der Waals surface area contributed by atoms with E-state index in [1.807, 2.05) is 6.21 Å². The second-order valence-electron chi connectivity index (χ2n) is 10.4. The number of nitrogens with zero attached hydrogens (tertiary/aromatic N) is 1. The van der Waals surface area contributed by atoms with E-state index < -0.39 is 20.8 Å². The summed E-state index contributed by atoms with van der Waals surface area (Å²) in [5.41, 5.74) is 3.28. The van der Waals surface area contributed by atoms with Gasteiger partial charge in [-0.2, -0.15) is 0 Å². The van der Waals surface area contributed by atoms with Crippen molar-refractivity contribution in [2.24, 2.45) is 16.8 Å². The number of phenolic OH excluding ortho intramolecular Hbond substituents is 1. The summed E-state index contributed by atoms with van der Waals surface area (Å²) in [4.78, 5) is 4.99. The number of hydrogen-bond acceptors (Lipinski definition) is 2. The van der Waals surface area contributed by atoms with Crippen LogP contribution in [0.1, 0.15) is 126 Å². The van der Waals surface area contributed by atoms with Crippen molar-refractivity contribution in [2.45, 2.75) is 123 Å². The van der Waals surface area contributed by atoms with Crippen LogP contribution < -0.4 is 0 Å². The van der Waals surface area contributed by atoms with Crippen LogP contribution in [-0.2, 0) is 20.8 Å². The Balaban J connectivity index is 0.00000122. The third kappa shape index (κ3) is 9.97. The molecule has 186 valence electrons. The van der Waals surface area contributed by atoms with Crippen molar-refractivity contribution in [1.82, 2.24) is 0 Å². The predicted octanol–water partition coefficient (Wildman–Crippen LogP) is 9.71. The van der Waals surface area contributed by atoms with Crippen molar-refractivity contribution in [2.75, 3.05) is 0 Å². The predicted molar refractivity (Wildman–Crippen MR) is 142 cm³/mol. The average Bonchev–Trinajstić information content (AvgIpc) is 2.78. The molecule has 0 aromatic heterocycles. The summed E-state index contributed by atoms with van der Waals surface area (Å²) in [7, 11) is 9.87. The third-order valence-electron chi connectivity index (χ3n) is 8.07. The summed E-state index contributed by atoms with van der Waals surface area (Å²) >= 11 is -0.826. The Kier molecular flexibility index (Phi) is 14.9. The average molecular weight is 574 g/mol. The number of aliphatic imine (C=N–C) groups is 1. The summed E-state index contributed by atoms with van der Waals surface area (Å²) in [6, 6.07) is 4.81. The Hall–Kier alpha value is 0.153. The third-order valence-corrected chi connectivity index (χ3v) is 8.07. The van der Waals surface area contributed by atoms with Crippen LogP contribution in [0.25, 0.3) is 0 Å². The number of halogens is 2. The summed E-state index contributed by atoms with van der Waals surface area (Å²) in [6.45, 7) is 6.82. The van der Waals surface area contributed by atoms with E-state index in [9.17, 15) is 5.11 Å². The van der Waals surface area contributed by atoms with Gasteiger partial charge in [0.25, 0.3) is 0 Å². The first-order chi connectivity index (χ1) is 16.0. The van der Waals surface area contributed by atoms with Crippen molar-refractivity contribution in [3.63, 3.8) is 0 Å². The van der Waals surface area contributed by atoms with E-state index in [4.69, 9.17) is 22.0 Å². The first kappa shape index (κ1) is 29.4. The molecular formula is C28H45Cl2NOZr. The zero-order chi connectivity index (χ0) is 24.1. The number of hydrogen-bond donors (Lipinski definition) is 1. The van der Waals surface area contributed by atoms with Crippen LogP contribution >= 0.6 is 17.0 Å². The Bertz CT molecular complexity index is 699. The summed E-state index contributed by atoms with van der Waals surface area (Å²) in [5, 5.41) is 11.3. The van der Waals surface area contributed by atoms with Gasteiger partial charge in [0, 0.05) is 11.8 Å². The minimum absolute atomic E-state index is 0.401. The van der Waals surface area contributed by atoms with E-state index in [1.165, 1.54) is 95.5 Å². The number of rotatable bonds is 3. The van der Waals surface area contributed by atoms with Crippen LogP contribution in [-0.4, -0.2) is 17.4 Å². The van der Waals surface area contributed by atoms with Gasteiger partial charge in [-0.3, -0.25) is 4.99 Å². The van der Waals surface area contributed by atoms with Crippen molar-refractivity contribution >= 4 is 23.2 Å². The molecule has 2 aliphatic rings. The number of phenols is 1. The van der Waals surface area contributed by atoms with E-state index in [-0.39, 0.29) is 0 Å². The molecule has 1 N–H and O–H groups in total. The maximum absolute atomic E-state index is 11.3. The summed E-state index contributed by atoms with van der Waals surface area (Å²) in [6.07, 6.45) is 20.5. The molecule has 2 saturated carbocycles. The number of aromatic hydroxyl groups is 1. The molecule has 0 heterocycles. The quantitative estimate of drug-likeness (QED) is 0.359. The van der Waals surface area contributed by atoms with Gasteiger partial charge in [0.2, 0.25) is 0 Å². The fraction of sp³-hybridized carbons (Fsp3) is 0.750. The molecule has 0 saturated heterocycles. The zero-order valence-electron chi connectivity index (χ0n) is 21.1. The van der Waals surface area contributed by atoms with Crippen LogP contribution in [0.4, 0.5) is 0 Å². The zero-order valence-corrected chi connectivity index (χ0v) is 25.1. The number of aryl methyl sites for hydroxylation is 1. The first-order valence-corrected chi connectivity index (χ1v) is 19.6. The van der Waals surface area contributed by atoms with Gasteiger partial charge in [0.05, 0.1) is 6.04 Å². The molecule has 2 fully saturated rings. The van der Waals surface area contributed by atoms with Crippen LogP contribution in [0.15, 0.2) is 17.1 Å². The maximum atomic E-state index is 11.3. The van der Waals surface area contributed by atoms with Gasteiger partial charge < -0.3 is 5.11 Å².